The highest BCUT2D eigenvalue weighted by Gasteiger charge is 2.55. The predicted octanol–water partition coefficient (Wildman–Crippen LogP) is 2.76. The summed E-state index contributed by atoms with van der Waals surface area (Å²) in [6.07, 6.45) is 3.78. The molecule has 0 bridgehead atoms. The zero-order valence-corrected chi connectivity index (χ0v) is 15.7. The quantitative estimate of drug-likeness (QED) is 0.303. The third-order valence-corrected chi connectivity index (χ3v) is 4.76. The number of hydrogen-bond donors (Lipinski definition) is 0. The van der Waals surface area contributed by atoms with Crippen LogP contribution in [0, 0.1) is 5.41 Å². The van der Waals surface area contributed by atoms with Crippen LogP contribution in [0.5, 0.6) is 0 Å². The Morgan fingerprint density at radius 3 is 2.56 bits per heavy atom. The van der Waals surface area contributed by atoms with E-state index in [1.807, 2.05) is 0 Å². The van der Waals surface area contributed by atoms with E-state index in [1.54, 1.807) is 33.8 Å². The highest BCUT2D eigenvalue weighted by Crippen LogP contribution is 2.45. The van der Waals surface area contributed by atoms with Crippen molar-refractivity contribution < 1.29 is 28.6 Å². The van der Waals surface area contributed by atoms with Gasteiger partial charge in [0.15, 0.2) is 6.10 Å². The van der Waals surface area contributed by atoms with Crippen molar-refractivity contribution in [3.63, 3.8) is 0 Å². The van der Waals surface area contributed by atoms with Crippen LogP contribution < -0.4 is 0 Å². The van der Waals surface area contributed by atoms with Crippen molar-refractivity contribution in [3.8, 4) is 0 Å². The Balaban J connectivity index is 3.46. The summed E-state index contributed by atoms with van der Waals surface area (Å²) < 4.78 is 16.5. The third-order valence-electron chi connectivity index (χ3n) is 4.76. The summed E-state index contributed by atoms with van der Waals surface area (Å²) in [5.74, 6) is -0.975. The molecule has 140 valence electrons. The van der Waals surface area contributed by atoms with Crippen molar-refractivity contribution in [2.24, 2.45) is 5.41 Å². The molecule has 0 amide bonds. The van der Waals surface area contributed by atoms with E-state index in [1.165, 1.54) is 13.2 Å². The number of carbonyl (C=O) groups excluding carboxylic acids is 3. The van der Waals surface area contributed by atoms with Crippen LogP contribution in [0.2, 0.25) is 0 Å². The molecule has 1 unspecified atom stereocenters. The second kappa shape index (κ2) is 8.43. The summed E-state index contributed by atoms with van der Waals surface area (Å²) in [7, 11) is 1.28. The molecule has 0 aliphatic carbocycles. The molecule has 0 aromatic heterocycles. The number of carbonyl (C=O) groups is 3. The van der Waals surface area contributed by atoms with Crippen molar-refractivity contribution in [2.75, 3.05) is 7.11 Å². The van der Waals surface area contributed by atoms with Gasteiger partial charge in [0, 0.05) is 12.5 Å². The first-order valence-electron chi connectivity index (χ1n) is 8.38. The Bertz CT molecular complexity index is 562. The van der Waals surface area contributed by atoms with E-state index in [4.69, 9.17) is 14.2 Å². The highest BCUT2D eigenvalue weighted by molar-refractivity contribution is 5.83. The van der Waals surface area contributed by atoms with Gasteiger partial charge in [0.05, 0.1) is 18.6 Å². The van der Waals surface area contributed by atoms with Gasteiger partial charge in [0.25, 0.3) is 0 Å². The summed E-state index contributed by atoms with van der Waals surface area (Å²) in [6, 6.07) is 0. The maximum absolute atomic E-state index is 12.0. The monoisotopic (exact) mass is 352 g/mol. The second-order valence-electron chi connectivity index (χ2n) is 6.88. The van der Waals surface area contributed by atoms with Crippen molar-refractivity contribution in [1.82, 2.24) is 0 Å². The van der Waals surface area contributed by atoms with E-state index in [9.17, 15) is 14.4 Å². The Labute approximate surface area is 149 Å². The van der Waals surface area contributed by atoms with Crippen molar-refractivity contribution in [3.05, 3.63) is 24.3 Å². The van der Waals surface area contributed by atoms with Crippen LogP contribution >= 0.6 is 0 Å². The first-order chi connectivity index (χ1) is 11.6. The van der Waals surface area contributed by atoms with E-state index in [-0.39, 0.29) is 12.5 Å². The smallest absolute Gasteiger partial charge is 0.330 e. The first kappa shape index (κ1) is 21.1. The van der Waals surface area contributed by atoms with Crippen molar-refractivity contribution in [2.45, 2.75) is 64.8 Å². The molecule has 0 aromatic rings. The molecule has 3 atom stereocenters. The highest BCUT2D eigenvalue weighted by atomic mass is 16.6. The van der Waals surface area contributed by atoms with Gasteiger partial charge in [-0.05, 0) is 25.3 Å². The lowest BCUT2D eigenvalue weighted by molar-refractivity contribution is -0.217. The van der Waals surface area contributed by atoms with Gasteiger partial charge in [0.1, 0.15) is 11.9 Å². The molecule has 1 aliphatic rings. The number of methoxy groups -OCH3 is 1. The minimum atomic E-state index is -1.13. The molecule has 1 heterocycles. The molecular formula is C19H28O6. The van der Waals surface area contributed by atoms with E-state index in [0.29, 0.717) is 18.4 Å². The third kappa shape index (κ3) is 4.57. The SMILES string of the molecule is C=CCC1C/C(=C\C(=O)OC)[C@H](OC(=O)CC)[C@](C)(C(C)(C)C=O)O1. The molecule has 6 nitrogen and oxygen atoms in total. The second-order valence-corrected chi connectivity index (χ2v) is 6.88. The number of rotatable bonds is 7. The predicted molar refractivity (Wildman–Crippen MR) is 92.8 cm³/mol. The van der Waals surface area contributed by atoms with Gasteiger partial charge in [-0.2, -0.15) is 0 Å². The lowest BCUT2D eigenvalue weighted by atomic mass is 9.69. The summed E-state index contributed by atoms with van der Waals surface area (Å²) in [6.45, 7) is 10.6. The average molecular weight is 352 g/mol. The van der Waals surface area contributed by atoms with Crippen LogP contribution in [-0.4, -0.2) is 43.1 Å². The van der Waals surface area contributed by atoms with Crippen LogP contribution in [0.15, 0.2) is 24.3 Å². The summed E-state index contributed by atoms with van der Waals surface area (Å²) in [5.41, 5.74) is -1.52. The molecule has 1 fully saturated rings. The molecule has 0 saturated carbocycles. The van der Waals surface area contributed by atoms with Gasteiger partial charge in [-0.25, -0.2) is 4.79 Å². The maximum atomic E-state index is 12.0. The van der Waals surface area contributed by atoms with Gasteiger partial charge in [-0.1, -0.05) is 26.8 Å². The molecule has 6 heteroatoms. The van der Waals surface area contributed by atoms with Crippen LogP contribution in [-0.2, 0) is 28.6 Å². The van der Waals surface area contributed by atoms with Crippen LogP contribution in [0.1, 0.15) is 47.0 Å². The fourth-order valence-corrected chi connectivity index (χ4v) is 2.85. The van der Waals surface area contributed by atoms with E-state index >= 15 is 0 Å². The number of ether oxygens (including phenoxy) is 3. The Morgan fingerprint density at radius 1 is 1.44 bits per heavy atom. The molecule has 0 spiro atoms. The Kier molecular flexibility index (Phi) is 7.11. The Hall–Kier alpha value is -1.95. The molecular weight excluding hydrogens is 324 g/mol. The van der Waals surface area contributed by atoms with E-state index in [0.717, 1.165) is 6.29 Å². The fourth-order valence-electron chi connectivity index (χ4n) is 2.85. The number of esters is 2. The van der Waals surface area contributed by atoms with Gasteiger partial charge in [-0.15, -0.1) is 6.58 Å². The normalized spacial score (nSPS) is 28.3. The van der Waals surface area contributed by atoms with Gasteiger partial charge in [0.2, 0.25) is 0 Å². The standard InChI is InChI=1S/C19H28O6/c1-7-9-14-10-13(11-16(22)23-6)17(24-15(21)8-2)19(5,25-14)18(3,4)12-20/h7,11-12,14,17H,1,8-10H2,2-6H3/b13-11+/t14?,17-,19+/m0/s1. The van der Waals surface area contributed by atoms with Crippen molar-refractivity contribution >= 4 is 18.2 Å². The molecule has 0 aromatic carbocycles. The maximum Gasteiger partial charge on any atom is 0.330 e. The summed E-state index contributed by atoms with van der Waals surface area (Å²) in [4.78, 5) is 35.5. The average Bonchev–Trinajstić information content (AvgIpc) is 2.57. The Morgan fingerprint density at radius 2 is 2.08 bits per heavy atom. The molecule has 0 N–H and O–H groups in total. The van der Waals surface area contributed by atoms with Gasteiger partial charge in [-0.3, -0.25) is 4.79 Å². The van der Waals surface area contributed by atoms with E-state index < -0.39 is 29.1 Å². The minimum Gasteiger partial charge on any atom is -0.466 e. The minimum absolute atomic E-state index is 0.176. The molecule has 25 heavy (non-hydrogen) atoms. The zero-order chi connectivity index (χ0) is 19.3. The molecule has 1 aliphatic heterocycles. The molecule has 0 radical (unpaired) electrons. The number of hydrogen-bond acceptors (Lipinski definition) is 6. The van der Waals surface area contributed by atoms with E-state index in [2.05, 4.69) is 6.58 Å². The molecule has 1 saturated heterocycles. The molecule has 1 rings (SSSR count). The van der Waals surface area contributed by atoms with Crippen molar-refractivity contribution in [1.29, 1.82) is 0 Å². The van der Waals surface area contributed by atoms with Gasteiger partial charge >= 0.3 is 11.9 Å². The van der Waals surface area contributed by atoms with Gasteiger partial charge < -0.3 is 19.0 Å². The topological polar surface area (TPSA) is 78.9 Å². The number of aldehydes is 1. The fraction of sp³-hybridized carbons (Fsp3) is 0.632. The van der Waals surface area contributed by atoms with Crippen LogP contribution in [0.3, 0.4) is 0 Å². The lowest BCUT2D eigenvalue weighted by Gasteiger charge is -2.51. The summed E-state index contributed by atoms with van der Waals surface area (Å²) in [5, 5.41) is 0. The zero-order valence-electron chi connectivity index (χ0n) is 15.7. The largest absolute Gasteiger partial charge is 0.466 e. The van der Waals surface area contributed by atoms with Crippen LogP contribution in [0.4, 0.5) is 0 Å². The summed E-state index contributed by atoms with van der Waals surface area (Å²) >= 11 is 0. The first-order valence-corrected chi connectivity index (χ1v) is 8.38. The lowest BCUT2D eigenvalue weighted by Crippen LogP contribution is -2.60. The van der Waals surface area contributed by atoms with Crippen LogP contribution in [0.25, 0.3) is 0 Å².